The van der Waals surface area contributed by atoms with Gasteiger partial charge in [0, 0.05) is 25.7 Å². The lowest BCUT2D eigenvalue weighted by Crippen LogP contribution is -2.30. The van der Waals surface area contributed by atoms with Gasteiger partial charge in [-0.1, -0.05) is 389 Å². The molecule has 0 aliphatic rings. The molecule has 5 atom stereocenters. The molecule has 0 aromatic heterocycles. The van der Waals surface area contributed by atoms with Gasteiger partial charge in [-0.25, -0.2) is 9.13 Å². The van der Waals surface area contributed by atoms with Crippen molar-refractivity contribution >= 4 is 39.5 Å². The number of aliphatic hydroxyl groups is 1. The lowest BCUT2D eigenvalue weighted by atomic mass is 10.0. The molecule has 0 heterocycles. The van der Waals surface area contributed by atoms with E-state index in [4.69, 9.17) is 37.0 Å². The molecule has 0 radical (unpaired) electrons. The van der Waals surface area contributed by atoms with Crippen LogP contribution in [0.5, 0.6) is 0 Å². The number of unbranched alkanes of at least 4 members (excludes halogenated alkanes) is 50. The van der Waals surface area contributed by atoms with Crippen molar-refractivity contribution < 1.29 is 80.2 Å². The molecule has 0 spiro atoms. The summed E-state index contributed by atoms with van der Waals surface area (Å²) in [6.07, 6.45) is 64.4. The van der Waals surface area contributed by atoms with Crippen LogP contribution in [0.2, 0.25) is 0 Å². The summed E-state index contributed by atoms with van der Waals surface area (Å²) in [6.45, 7) is 12.0. The van der Waals surface area contributed by atoms with Gasteiger partial charge in [0.05, 0.1) is 26.4 Å². The van der Waals surface area contributed by atoms with Crippen molar-refractivity contribution in [1.82, 2.24) is 0 Å². The maximum atomic E-state index is 13.1. The van der Waals surface area contributed by atoms with Crippen molar-refractivity contribution in [3.63, 3.8) is 0 Å². The van der Waals surface area contributed by atoms with Gasteiger partial charge in [-0.05, 0) is 43.4 Å². The van der Waals surface area contributed by atoms with Gasteiger partial charge in [-0.3, -0.25) is 37.3 Å². The van der Waals surface area contributed by atoms with E-state index in [0.29, 0.717) is 25.7 Å². The van der Waals surface area contributed by atoms with Crippen LogP contribution in [0.4, 0.5) is 0 Å². The fourth-order valence-electron chi connectivity index (χ4n) is 13.0. The molecule has 0 saturated carbocycles. The zero-order valence-corrected chi connectivity index (χ0v) is 69.6. The molecule has 0 bridgehead atoms. The van der Waals surface area contributed by atoms with E-state index in [1.807, 2.05) is 0 Å². The van der Waals surface area contributed by atoms with E-state index in [-0.39, 0.29) is 25.7 Å². The van der Waals surface area contributed by atoms with Crippen LogP contribution in [0.1, 0.15) is 440 Å². The third kappa shape index (κ3) is 78.0. The molecule has 0 aromatic carbocycles. The molecule has 0 fully saturated rings. The van der Waals surface area contributed by atoms with Crippen LogP contribution in [0.25, 0.3) is 0 Å². The molecule has 0 aliphatic heterocycles. The second kappa shape index (κ2) is 74.2. The van der Waals surface area contributed by atoms with Gasteiger partial charge in [0.2, 0.25) is 0 Å². The van der Waals surface area contributed by atoms with Crippen LogP contribution >= 0.6 is 15.6 Å². The SMILES string of the molecule is CCCCCCCC(=O)OC[C@H](COP(=O)(O)OC[C@H](O)COP(=O)(O)OC[C@@H](COC(=O)CCCCCCCCCCCCCCCCCCCCC(C)C)OC(=O)CCCCCCCCCCCCCCCCCCCCC(C)C)OC(=O)CCCCCCCCCCCCCCCC(C)C. The first-order valence-corrected chi connectivity index (χ1v) is 46.3. The molecule has 0 aliphatic carbocycles. The van der Waals surface area contributed by atoms with Gasteiger partial charge >= 0.3 is 39.5 Å². The lowest BCUT2D eigenvalue weighted by Gasteiger charge is -2.21. The van der Waals surface area contributed by atoms with Gasteiger partial charge in [0.25, 0.3) is 0 Å². The fraction of sp³-hybridized carbons (Fsp3) is 0.952. The molecule has 2 unspecified atom stereocenters. The highest BCUT2D eigenvalue weighted by atomic mass is 31.2. The second-order valence-electron chi connectivity index (χ2n) is 31.6. The average Bonchev–Trinajstić information content (AvgIpc) is 0.911. The zero-order chi connectivity index (χ0) is 75.8. The highest BCUT2D eigenvalue weighted by Crippen LogP contribution is 2.45. The van der Waals surface area contributed by atoms with Gasteiger partial charge in [0.1, 0.15) is 19.3 Å². The van der Waals surface area contributed by atoms with Crippen molar-refractivity contribution in [2.45, 2.75) is 458 Å². The topological polar surface area (TPSA) is 237 Å². The van der Waals surface area contributed by atoms with Crippen molar-refractivity contribution in [3.8, 4) is 0 Å². The van der Waals surface area contributed by atoms with Crippen LogP contribution in [0.15, 0.2) is 0 Å². The molecule has 0 saturated heterocycles. The van der Waals surface area contributed by atoms with Gasteiger partial charge < -0.3 is 33.8 Å². The smallest absolute Gasteiger partial charge is 0.462 e. The normalized spacial score (nSPS) is 13.9. The highest BCUT2D eigenvalue weighted by molar-refractivity contribution is 7.47. The number of aliphatic hydroxyl groups excluding tert-OH is 1. The Balaban J connectivity index is 5.11. The third-order valence-electron chi connectivity index (χ3n) is 19.6. The van der Waals surface area contributed by atoms with Crippen LogP contribution in [0, 0.1) is 17.8 Å². The standard InChI is InChI=1S/C84H164O17P2/c1-8-9-10-48-58-65-81(86)94-71-79(100-83(88)67-61-54-47-41-35-29-23-26-32-38-44-51-57-64-77(6)7)73-98-102(90,91)96-69-78(85)70-97-103(92,93)99-74-80(101-84(89)68-60-53-46-40-34-28-22-18-14-12-16-20-25-31-37-43-50-56-63-76(4)5)72-95-82(87)66-59-52-45-39-33-27-21-17-13-11-15-19-24-30-36-42-49-55-62-75(2)3/h75-80,85H,8-74H2,1-7H3,(H,90,91)(H,92,93)/t78-,79+,80+/m0/s1. The van der Waals surface area contributed by atoms with Crippen molar-refractivity contribution in [3.05, 3.63) is 0 Å². The molecule has 17 nitrogen and oxygen atoms in total. The minimum atomic E-state index is -4.96. The summed E-state index contributed by atoms with van der Waals surface area (Å²) in [4.78, 5) is 72.8. The number of hydrogen-bond acceptors (Lipinski definition) is 15. The van der Waals surface area contributed by atoms with E-state index in [1.165, 1.54) is 244 Å². The van der Waals surface area contributed by atoms with E-state index in [2.05, 4.69) is 48.5 Å². The maximum absolute atomic E-state index is 13.1. The van der Waals surface area contributed by atoms with Crippen molar-refractivity contribution in [1.29, 1.82) is 0 Å². The van der Waals surface area contributed by atoms with Gasteiger partial charge in [0.15, 0.2) is 12.2 Å². The lowest BCUT2D eigenvalue weighted by molar-refractivity contribution is -0.161. The third-order valence-corrected chi connectivity index (χ3v) is 21.5. The Hall–Kier alpha value is -1.94. The Bertz CT molecular complexity index is 1990. The molecule has 19 heteroatoms. The summed E-state index contributed by atoms with van der Waals surface area (Å²) >= 11 is 0. The first-order valence-electron chi connectivity index (χ1n) is 43.3. The summed E-state index contributed by atoms with van der Waals surface area (Å²) < 4.78 is 68.6. The van der Waals surface area contributed by atoms with Gasteiger partial charge in [-0.2, -0.15) is 0 Å². The largest absolute Gasteiger partial charge is 0.472 e. The fourth-order valence-corrected chi connectivity index (χ4v) is 14.6. The summed E-state index contributed by atoms with van der Waals surface area (Å²) in [5.41, 5.74) is 0. The minimum Gasteiger partial charge on any atom is -0.462 e. The number of rotatable bonds is 82. The molecular formula is C84H164O17P2. The maximum Gasteiger partial charge on any atom is 0.472 e. The molecule has 103 heavy (non-hydrogen) atoms. The number of carbonyl (C=O) groups excluding carboxylic acids is 4. The van der Waals surface area contributed by atoms with E-state index >= 15 is 0 Å². The number of hydrogen-bond donors (Lipinski definition) is 3. The predicted octanol–water partition coefficient (Wildman–Crippen LogP) is 25.3. The summed E-state index contributed by atoms with van der Waals surface area (Å²) in [7, 11) is -9.91. The Morgan fingerprint density at radius 1 is 0.262 bits per heavy atom. The number of esters is 4. The highest BCUT2D eigenvalue weighted by Gasteiger charge is 2.30. The van der Waals surface area contributed by atoms with Crippen molar-refractivity contribution in [2.24, 2.45) is 17.8 Å². The molecule has 0 aromatic rings. The van der Waals surface area contributed by atoms with E-state index in [0.717, 1.165) is 114 Å². The van der Waals surface area contributed by atoms with Gasteiger partial charge in [-0.15, -0.1) is 0 Å². The van der Waals surface area contributed by atoms with E-state index in [9.17, 15) is 43.2 Å². The quantitative estimate of drug-likeness (QED) is 0.0222. The minimum absolute atomic E-state index is 0.106. The summed E-state index contributed by atoms with van der Waals surface area (Å²) in [5.74, 6) is 0.311. The Morgan fingerprint density at radius 3 is 0.660 bits per heavy atom. The van der Waals surface area contributed by atoms with Crippen LogP contribution in [-0.4, -0.2) is 96.7 Å². The number of phosphoric ester groups is 2. The first-order chi connectivity index (χ1) is 49.7. The second-order valence-corrected chi connectivity index (χ2v) is 34.6. The van der Waals surface area contributed by atoms with E-state index in [1.54, 1.807) is 0 Å². The van der Waals surface area contributed by atoms with Crippen LogP contribution in [0.3, 0.4) is 0 Å². The predicted molar refractivity (Wildman–Crippen MR) is 423 cm³/mol. The molecule has 3 N–H and O–H groups in total. The summed E-state index contributed by atoms with van der Waals surface area (Å²) in [6, 6.07) is 0. The molecule has 612 valence electrons. The Morgan fingerprint density at radius 2 is 0.447 bits per heavy atom. The molecular weight excluding hydrogens is 1340 g/mol. The number of carbonyl (C=O) groups is 4. The number of ether oxygens (including phenoxy) is 4. The molecule has 0 rings (SSSR count). The zero-order valence-electron chi connectivity index (χ0n) is 67.8. The van der Waals surface area contributed by atoms with Crippen LogP contribution in [-0.2, 0) is 65.4 Å². The average molecular weight is 1510 g/mol. The van der Waals surface area contributed by atoms with Crippen LogP contribution < -0.4 is 0 Å². The first kappa shape index (κ1) is 101. The Kier molecular flexibility index (Phi) is 72.8. The van der Waals surface area contributed by atoms with Crippen molar-refractivity contribution in [2.75, 3.05) is 39.6 Å². The Labute approximate surface area is 632 Å². The van der Waals surface area contributed by atoms with E-state index < -0.39 is 97.5 Å². The number of phosphoric acid groups is 2. The molecule has 0 amide bonds. The summed E-state index contributed by atoms with van der Waals surface area (Å²) in [5, 5.41) is 10.6. The monoisotopic (exact) mass is 1510 g/mol.